The Balaban J connectivity index is 1.97. The molecule has 80 valence electrons. The van der Waals surface area contributed by atoms with Crippen LogP contribution < -0.4 is 0 Å². The molecule has 2 aliphatic rings. The number of hydrogen-bond acceptors (Lipinski definition) is 4. The molecular weight excluding hydrogens is 182 g/mol. The van der Waals surface area contributed by atoms with Crippen LogP contribution in [0.3, 0.4) is 0 Å². The largest absolute Gasteiger partial charge is 0.468 e. The smallest absolute Gasteiger partial charge is 0.319 e. The van der Waals surface area contributed by atoms with Gasteiger partial charge < -0.3 is 9.84 Å². The number of carbonyl (C=O) groups is 1. The van der Waals surface area contributed by atoms with Crippen molar-refractivity contribution in [3.63, 3.8) is 0 Å². The van der Waals surface area contributed by atoms with Crippen molar-refractivity contribution in [2.24, 2.45) is 0 Å². The number of fused-ring (bicyclic) bond motifs is 2. The van der Waals surface area contributed by atoms with Crippen molar-refractivity contribution < 1.29 is 14.6 Å². The summed E-state index contributed by atoms with van der Waals surface area (Å²) in [5, 5.41) is 9.56. The second-order valence-corrected chi connectivity index (χ2v) is 4.26. The van der Waals surface area contributed by atoms with Gasteiger partial charge in [-0.05, 0) is 25.7 Å². The molecule has 14 heavy (non-hydrogen) atoms. The van der Waals surface area contributed by atoms with E-state index in [2.05, 4.69) is 9.64 Å². The lowest BCUT2D eigenvalue weighted by Gasteiger charge is -2.36. The van der Waals surface area contributed by atoms with Gasteiger partial charge >= 0.3 is 5.97 Å². The molecule has 0 aliphatic carbocycles. The summed E-state index contributed by atoms with van der Waals surface area (Å²) in [4.78, 5) is 13.3. The third kappa shape index (κ3) is 1.77. The summed E-state index contributed by atoms with van der Waals surface area (Å²) in [7, 11) is 1.42. The van der Waals surface area contributed by atoms with Crippen LogP contribution in [-0.2, 0) is 9.53 Å². The zero-order valence-corrected chi connectivity index (χ0v) is 8.48. The van der Waals surface area contributed by atoms with Crippen molar-refractivity contribution in [2.45, 2.75) is 43.9 Å². The molecule has 4 nitrogen and oxygen atoms in total. The minimum Gasteiger partial charge on any atom is -0.468 e. The number of rotatable bonds is 2. The van der Waals surface area contributed by atoms with E-state index in [4.69, 9.17) is 0 Å². The Morgan fingerprint density at radius 1 is 1.43 bits per heavy atom. The first-order valence-electron chi connectivity index (χ1n) is 5.21. The first kappa shape index (κ1) is 9.93. The first-order valence-corrected chi connectivity index (χ1v) is 5.21. The summed E-state index contributed by atoms with van der Waals surface area (Å²) >= 11 is 0. The molecule has 2 heterocycles. The highest BCUT2D eigenvalue weighted by Gasteiger charge is 2.40. The zero-order valence-electron chi connectivity index (χ0n) is 8.48. The predicted molar refractivity (Wildman–Crippen MR) is 50.8 cm³/mol. The lowest BCUT2D eigenvalue weighted by atomic mass is 10.00. The number of aliphatic hydroxyl groups is 1. The fraction of sp³-hybridized carbons (Fsp3) is 0.900. The van der Waals surface area contributed by atoms with Crippen LogP contribution in [0.15, 0.2) is 0 Å². The van der Waals surface area contributed by atoms with Crippen LogP contribution in [0.25, 0.3) is 0 Å². The molecule has 2 unspecified atom stereocenters. The normalized spacial score (nSPS) is 37.1. The van der Waals surface area contributed by atoms with Crippen molar-refractivity contribution in [1.29, 1.82) is 0 Å². The van der Waals surface area contributed by atoms with Crippen LogP contribution in [0.4, 0.5) is 0 Å². The summed E-state index contributed by atoms with van der Waals surface area (Å²) in [6.07, 6.45) is 3.68. The number of piperidine rings is 1. The highest BCUT2D eigenvalue weighted by atomic mass is 16.5. The van der Waals surface area contributed by atoms with Gasteiger partial charge in [0.15, 0.2) is 0 Å². The number of ether oxygens (including phenoxy) is 1. The maximum absolute atomic E-state index is 11.2. The summed E-state index contributed by atoms with van der Waals surface area (Å²) < 4.78 is 4.66. The molecule has 2 bridgehead atoms. The number of methoxy groups -OCH3 is 1. The van der Waals surface area contributed by atoms with Gasteiger partial charge in [-0.25, -0.2) is 0 Å². The Bertz CT molecular complexity index is 217. The SMILES string of the molecule is COC(=O)CN1C2CCC1CC(O)C2. The van der Waals surface area contributed by atoms with Crippen LogP contribution in [0.1, 0.15) is 25.7 Å². The lowest BCUT2D eigenvalue weighted by molar-refractivity contribution is -0.143. The van der Waals surface area contributed by atoms with Crippen molar-refractivity contribution in [1.82, 2.24) is 4.90 Å². The van der Waals surface area contributed by atoms with Gasteiger partial charge in [-0.1, -0.05) is 0 Å². The van der Waals surface area contributed by atoms with Gasteiger partial charge in [0.25, 0.3) is 0 Å². The number of hydrogen-bond donors (Lipinski definition) is 1. The fourth-order valence-corrected chi connectivity index (χ4v) is 2.72. The van der Waals surface area contributed by atoms with Crippen LogP contribution in [0.5, 0.6) is 0 Å². The molecule has 1 N–H and O–H groups in total. The Morgan fingerprint density at radius 2 is 2.00 bits per heavy atom. The van der Waals surface area contributed by atoms with E-state index in [1.165, 1.54) is 7.11 Å². The third-order valence-corrected chi connectivity index (χ3v) is 3.40. The van der Waals surface area contributed by atoms with Gasteiger partial charge in [0.2, 0.25) is 0 Å². The number of nitrogens with zero attached hydrogens (tertiary/aromatic N) is 1. The van der Waals surface area contributed by atoms with Crippen molar-refractivity contribution in [3.8, 4) is 0 Å². The Kier molecular flexibility index (Phi) is 2.74. The molecule has 2 rings (SSSR count). The molecule has 0 spiro atoms. The summed E-state index contributed by atoms with van der Waals surface area (Å²) in [5.41, 5.74) is 0. The quantitative estimate of drug-likeness (QED) is 0.643. The highest BCUT2D eigenvalue weighted by Crippen LogP contribution is 2.35. The van der Waals surface area contributed by atoms with Crippen LogP contribution >= 0.6 is 0 Å². The lowest BCUT2D eigenvalue weighted by Crippen LogP contribution is -2.47. The van der Waals surface area contributed by atoms with Gasteiger partial charge in [-0.2, -0.15) is 0 Å². The molecular formula is C10H17NO3. The zero-order chi connectivity index (χ0) is 10.1. The molecule has 4 heteroatoms. The Morgan fingerprint density at radius 3 is 2.50 bits per heavy atom. The van der Waals surface area contributed by atoms with Crippen LogP contribution in [0, 0.1) is 0 Å². The second-order valence-electron chi connectivity index (χ2n) is 4.26. The minimum absolute atomic E-state index is 0.165. The molecule has 0 saturated carbocycles. The molecule has 2 fully saturated rings. The molecule has 0 aromatic heterocycles. The third-order valence-electron chi connectivity index (χ3n) is 3.40. The maximum Gasteiger partial charge on any atom is 0.319 e. The molecule has 0 aromatic rings. The average molecular weight is 199 g/mol. The van der Waals surface area contributed by atoms with E-state index in [1.807, 2.05) is 0 Å². The van der Waals surface area contributed by atoms with Crippen molar-refractivity contribution >= 4 is 5.97 Å². The molecule has 0 radical (unpaired) electrons. The molecule has 2 aliphatic heterocycles. The van der Waals surface area contributed by atoms with Gasteiger partial charge in [-0.15, -0.1) is 0 Å². The van der Waals surface area contributed by atoms with E-state index in [0.29, 0.717) is 18.6 Å². The second kappa shape index (κ2) is 3.87. The Hall–Kier alpha value is -0.610. The highest BCUT2D eigenvalue weighted by molar-refractivity contribution is 5.71. The molecule has 0 aromatic carbocycles. The average Bonchev–Trinajstić information content (AvgIpc) is 2.41. The monoisotopic (exact) mass is 199 g/mol. The van der Waals surface area contributed by atoms with Crippen molar-refractivity contribution in [2.75, 3.05) is 13.7 Å². The fourth-order valence-electron chi connectivity index (χ4n) is 2.72. The predicted octanol–water partition coefficient (Wildman–Crippen LogP) is 0.147. The van der Waals surface area contributed by atoms with E-state index in [-0.39, 0.29) is 12.1 Å². The van der Waals surface area contributed by atoms with Gasteiger partial charge in [0.05, 0.1) is 19.8 Å². The number of carbonyl (C=O) groups excluding carboxylic acids is 1. The molecule has 2 atom stereocenters. The minimum atomic E-state index is -0.168. The van der Waals surface area contributed by atoms with Gasteiger partial charge in [0.1, 0.15) is 0 Å². The number of esters is 1. The molecule has 2 saturated heterocycles. The molecule has 0 amide bonds. The van der Waals surface area contributed by atoms with E-state index < -0.39 is 0 Å². The first-order chi connectivity index (χ1) is 6.70. The van der Waals surface area contributed by atoms with Crippen molar-refractivity contribution in [3.05, 3.63) is 0 Å². The van der Waals surface area contributed by atoms with Gasteiger partial charge in [-0.3, -0.25) is 9.69 Å². The van der Waals surface area contributed by atoms with Crippen LogP contribution in [-0.4, -0.2) is 47.8 Å². The van der Waals surface area contributed by atoms with E-state index in [1.54, 1.807) is 0 Å². The summed E-state index contributed by atoms with van der Waals surface area (Å²) in [6.45, 7) is 0.387. The summed E-state index contributed by atoms with van der Waals surface area (Å²) in [5.74, 6) is -0.168. The summed E-state index contributed by atoms with van der Waals surface area (Å²) in [6, 6.07) is 0.783. The maximum atomic E-state index is 11.2. The number of aliphatic hydroxyl groups excluding tert-OH is 1. The standard InChI is InChI=1S/C10H17NO3/c1-14-10(13)6-11-7-2-3-8(11)5-9(12)4-7/h7-9,12H,2-6H2,1H3. The Labute approximate surface area is 83.8 Å². The topological polar surface area (TPSA) is 49.8 Å². The van der Waals surface area contributed by atoms with E-state index in [0.717, 1.165) is 25.7 Å². The van der Waals surface area contributed by atoms with Gasteiger partial charge in [0, 0.05) is 12.1 Å². The van der Waals surface area contributed by atoms with Crippen LogP contribution in [0.2, 0.25) is 0 Å². The van der Waals surface area contributed by atoms with E-state index in [9.17, 15) is 9.90 Å². The van der Waals surface area contributed by atoms with E-state index >= 15 is 0 Å².